The van der Waals surface area contributed by atoms with Crippen molar-refractivity contribution in [3.8, 4) is 0 Å². The average Bonchev–Trinajstić information content (AvgIpc) is 2.88. The van der Waals surface area contributed by atoms with Gasteiger partial charge in [0.1, 0.15) is 6.04 Å². The van der Waals surface area contributed by atoms with Gasteiger partial charge < -0.3 is 15.3 Å². The first-order valence-electron chi connectivity index (χ1n) is 5.98. The minimum atomic E-state index is -4.73. The molecule has 2 N–H and O–H groups in total. The Kier molecular flexibility index (Phi) is 5.92. The van der Waals surface area contributed by atoms with E-state index in [1.807, 2.05) is 0 Å². The monoisotopic (exact) mass is 338 g/mol. The van der Waals surface area contributed by atoms with Crippen molar-refractivity contribution in [2.24, 2.45) is 0 Å². The van der Waals surface area contributed by atoms with E-state index in [0.717, 1.165) is 16.2 Å². The normalized spacial score (nSPS) is 12.5. The summed E-state index contributed by atoms with van der Waals surface area (Å²) in [6.07, 6.45) is -6.41. The van der Waals surface area contributed by atoms with E-state index in [1.165, 1.54) is 13.1 Å². The molecule has 1 rings (SSSR count). The number of alkyl halides is 3. The number of nitrogens with one attached hydrogen (secondary N) is 1. The van der Waals surface area contributed by atoms with Crippen molar-refractivity contribution in [2.45, 2.75) is 18.6 Å². The lowest BCUT2D eigenvalue weighted by Crippen LogP contribution is -2.47. The second kappa shape index (κ2) is 7.25. The first-order valence-corrected chi connectivity index (χ1v) is 6.86. The molecule has 0 fully saturated rings. The zero-order valence-electron chi connectivity index (χ0n) is 11.4. The molecule has 2 amide bonds. The summed E-state index contributed by atoms with van der Waals surface area (Å²) in [6, 6.07) is 1.08. The lowest BCUT2D eigenvalue weighted by molar-refractivity contribution is -0.160. The van der Waals surface area contributed by atoms with E-state index in [4.69, 9.17) is 5.11 Å². The Labute approximate surface area is 127 Å². The van der Waals surface area contributed by atoms with Crippen LogP contribution in [0, 0.1) is 0 Å². The Hall–Kier alpha value is -2.10. The fraction of sp³-hybridized carbons (Fsp3) is 0.417. The van der Waals surface area contributed by atoms with Crippen LogP contribution in [0.15, 0.2) is 17.5 Å². The Morgan fingerprint density at radius 1 is 1.41 bits per heavy atom. The fourth-order valence-corrected chi connectivity index (χ4v) is 2.26. The maximum Gasteiger partial charge on any atom is 0.391 e. The van der Waals surface area contributed by atoms with Gasteiger partial charge >= 0.3 is 12.1 Å². The molecule has 6 nitrogen and oxygen atoms in total. The van der Waals surface area contributed by atoms with Gasteiger partial charge in [-0.15, -0.1) is 11.3 Å². The van der Waals surface area contributed by atoms with Crippen molar-refractivity contribution in [3.05, 3.63) is 22.4 Å². The Morgan fingerprint density at radius 2 is 2.05 bits per heavy atom. The van der Waals surface area contributed by atoms with Crippen LogP contribution in [0.3, 0.4) is 0 Å². The van der Waals surface area contributed by atoms with E-state index in [1.54, 1.807) is 16.8 Å². The zero-order valence-corrected chi connectivity index (χ0v) is 12.2. The van der Waals surface area contributed by atoms with Gasteiger partial charge in [0.2, 0.25) is 5.91 Å². The second-order valence-corrected chi connectivity index (χ2v) is 5.36. The number of hydrogen-bond acceptors (Lipinski definition) is 4. The molecular weight excluding hydrogens is 325 g/mol. The SMILES string of the molecule is CN(CC(=O)NC(CC(F)(F)F)C(=O)O)C(=O)c1cccs1. The van der Waals surface area contributed by atoms with Crippen LogP contribution < -0.4 is 5.32 Å². The van der Waals surface area contributed by atoms with Crippen molar-refractivity contribution in [2.75, 3.05) is 13.6 Å². The molecule has 0 radical (unpaired) electrons. The molecule has 1 heterocycles. The lowest BCUT2D eigenvalue weighted by atomic mass is 10.2. The molecule has 0 spiro atoms. The Morgan fingerprint density at radius 3 is 2.50 bits per heavy atom. The third-order valence-electron chi connectivity index (χ3n) is 2.53. The van der Waals surface area contributed by atoms with Crippen LogP contribution in [-0.2, 0) is 9.59 Å². The number of amides is 2. The number of thiophene rings is 1. The van der Waals surface area contributed by atoms with E-state index in [2.05, 4.69) is 0 Å². The maximum absolute atomic E-state index is 12.2. The number of carbonyl (C=O) groups is 3. The Bertz CT molecular complexity index is 545. The molecule has 0 aliphatic rings. The highest BCUT2D eigenvalue weighted by molar-refractivity contribution is 7.12. The molecule has 0 bridgehead atoms. The van der Waals surface area contributed by atoms with Crippen molar-refractivity contribution in [1.29, 1.82) is 0 Å². The van der Waals surface area contributed by atoms with Gasteiger partial charge in [-0.2, -0.15) is 13.2 Å². The van der Waals surface area contributed by atoms with Gasteiger partial charge in [-0.1, -0.05) is 6.07 Å². The molecule has 1 aromatic rings. The van der Waals surface area contributed by atoms with Crippen LogP contribution in [0.25, 0.3) is 0 Å². The quantitative estimate of drug-likeness (QED) is 0.820. The first-order chi connectivity index (χ1) is 10.1. The number of likely N-dealkylation sites (N-methyl/N-ethyl adjacent to an activating group) is 1. The van der Waals surface area contributed by atoms with Gasteiger partial charge in [-0.3, -0.25) is 9.59 Å². The van der Waals surface area contributed by atoms with Gasteiger partial charge in [0.15, 0.2) is 0 Å². The largest absolute Gasteiger partial charge is 0.480 e. The Balaban J connectivity index is 2.60. The number of nitrogens with zero attached hydrogens (tertiary/aromatic N) is 1. The molecular formula is C12H13F3N2O4S. The maximum atomic E-state index is 12.2. The second-order valence-electron chi connectivity index (χ2n) is 4.42. The third kappa shape index (κ3) is 5.72. The van der Waals surface area contributed by atoms with Gasteiger partial charge in [-0.05, 0) is 11.4 Å². The molecule has 1 unspecified atom stereocenters. The minimum absolute atomic E-state index is 0.361. The topological polar surface area (TPSA) is 86.7 Å². The average molecular weight is 338 g/mol. The van der Waals surface area contributed by atoms with E-state index in [-0.39, 0.29) is 0 Å². The number of hydrogen-bond donors (Lipinski definition) is 2. The molecule has 0 aromatic carbocycles. The van der Waals surface area contributed by atoms with Crippen LogP contribution in [-0.4, -0.2) is 53.6 Å². The van der Waals surface area contributed by atoms with Crippen molar-refractivity contribution in [1.82, 2.24) is 10.2 Å². The predicted octanol–water partition coefficient (Wildman–Crippen LogP) is 1.34. The molecule has 10 heteroatoms. The summed E-state index contributed by atoms with van der Waals surface area (Å²) < 4.78 is 36.6. The molecule has 122 valence electrons. The molecule has 1 aromatic heterocycles. The van der Waals surface area contributed by atoms with Gasteiger partial charge in [0.25, 0.3) is 5.91 Å². The zero-order chi connectivity index (χ0) is 16.9. The third-order valence-corrected chi connectivity index (χ3v) is 3.39. The minimum Gasteiger partial charge on any atom is -0.480 e. The van der Waals surface area contributed by atoms with Crippen molar-refractivity contribution < 1.29 is 32.7 Å². The first kappa shape index (κ1) is 18.0. The van der Waals surface area contributed by atoms with Crippen LogP contribution in [0.2, 0.25) is 0 Å². The highest BCUT2D eigenvalue weighted by Gasteiger charge is 2.36. The summed E-state index contributed by atoms with van der Waals surface area (Å²) in [7, 11) is 1.29. The number of carbonyl (C=O) groups excluding carboxylic acids is 2. The van der Waals surface area contributed by atoms with Gasteiger partial charge in [-0.25, -0.2) is 4.79 Å². The molecule has 0 aliphatic carbocycles. The van der Waals surface area contributed by atoms with E-state index in [9.17, 15) is 27.6 Å². The summed E-state index contributed by atoms with van der Waals surface area (Å²) in [5, 5.41) is 12.1. The highest BCUT2D eigenvalue weighted by atomic mass is 32.1. The predicted molar refractivity (Wildman–Crippen MR) is 71.5 cm³/mol. The number of carboxylic acid groups (broad SMARTS) is 1. The van der Waals surface area contributed by atoms with Crippen molar-refractivity contribution >= 4 is 29.1 Å². The highest BCUT2D eigenvalue weighted by Crippen LogP contribution is 2.21. The van der Waals surface area contributed by atoms with Crippen molar-refractivity contribution in [3.63, 3.8) is 0 Å². The number of aliphatic carboxylic acids is 1. The molecule has 0 saturated carbocycles. The molecule has 22 heavy (non-hydrogen) atoms. The van der Waals surface area contributed by atoms with Gasteiger partial charge in [0, 0.05) is 7.05 Å². The summed E-state index contributed by atoms with van der Waals surface area (Å²) in [4.78, 5) is 35.5. The van der Waals surface area contributed by atoms with E-state index in [0.29, 0.717) is 4.88 Å². The number of halogens is 3. The fourth-order valence-electron chi connectivity index (χ4n) is 1.55. The lowest BCUT2D eigenvalue weighted by Gasteiger charge is -2.19. The molecule has 1 atom stereocenters. The van der Waals surface area contributed by atoms with E-state index >= 15 is 0 Å². The summed E-state index contributed by atoms with van der Waals surface area (Å²) in [5.74, 6) is -3.25. The van der Waals surface area contributed by atoms with E-state index < -0.39 is 43.0 Å². The summed E-state index contributed by atoms with van der Waals surface area (Å²) in [5.41, 5.74) is 0. The van der Waals surface area contributed by atoms with Crippen LogP contribution in [0.4, 0.5) is 13.2 Å². The summed E-state index contributed by atoms with van der Waals surface area (Å²) in [6.45, 7) is -0.543. The van der Waals surface area contributed by atoms with Crippen LogP contribution in [0.5, 0.6) is 0 Å². The number of rotatable bonds is 6. The standard InChI is InChI=1S/C12H13F3N2O4S/c1-17(10(19)8-3-2-4-22-8)6-9(18)16-7(11(20)21)5-12(13,14)15/h2-4,7H,5-6H2,1H3,(H,16,18)(H,20,21). The number of carboxylic acids is 1. The van der Waals surface area contributed by atoms with Gasteiger partial charge in [0.05, 0.1) is 17.8 Å². The molecule has 0 saturated heterocycles. The smallest absolute Gasteiger partial charge is 0.391 e. The summed E-state index contributed by atoms with van der Waals surface area (Å²) >= 11 is 1.15. The molecule has 0 aliphatic heterocycles. The van der Waals surface area contributed by atoms with Crippen LogP contribution in [0.1, 0.15) is 16.1 Å². The van der Waals surface area contributed by atoms with Crippen LogP contribution >= 0.6 is 11.3 Å².